The third kappa shape index (κ3) is 6.05. The zero-order chi connectivity index (χ0) is 17.6. The predicted octanol–water partition coefficient (Wildman–Crippen LogP) is 3.08. The molecule has 4 heteroatoms. The fourth-order valence-corrected chi connectivity index (χ4v) is 2.37. The number of nitrogens with one attached hydrogen (secondary N) is 2. The standard InChI is InChI=1S/C20H27N3O/c1-20(2,3)23-19(24)18(21)13-15-9-11-17(12-10-15)22-14-16-7-5-4-6-8-16/h4-12,18,22H,13-14,21H2,1-3H3,(H,23,24). The van der Waals surface area contributed by atoms with Gasteiger partial charge in [-0.05, 0) is 50.5 Å². The fourth-order valence-electron chi connectivity index (χ4n) is 2.37. The molecule has 4 N–H and O–H groups in total. The van der Waals surface area contributed by atoms with E-state index in [1.807, 2.05) is 63.2 Å². The van der Waals surface area contributed by atoms with Gasteiger partial charge in [0.25, 0.3) is 0 Å². The van der Waals surface area contributed by atoms with Gasteiger partial charge in [-0.1, -0.05) is 42.5 Å². The Hall–Kier alpha value is -2.33. The number of carbonyl (C=O) groups is 1. The van der Waals surface area contributed by atoms with E-state index >= 15 is 0 Å². The van der Waals surface area contributed by atoms with Crippen molar-refractivity contribution in [1.82, 2.24) is 5.32 Å². The van der Waals surface area contributed by atoms with Crippen LogP contribution in [-0.4, -0.2) is 17.5 Å². The maximum atomic E-state index is 12.0. The van der Waals surface area contributed by atoms with E-state index in [2.05, 4.69) is 22.8 Å². The van der Waals surface area contributed by atoms with E-state index in [0.29, 0.717) is 6.42 Å². The Labute approximate surface area is 144 Å². The van der Waals surface area contributed by atoms with E-state index in [0.717, 1.165) is 17.8 Å². The third-order valence-electron chi connectivity index (χ3n) is 3.58. The van der Waals surface area contributed by atoms with Gasteiger partial charge in [-0.3, -0.25) is 4.79 Å². The zero-order valence-electron chi connectivity index (χ0n) is 14.7. The quantitative estimate of drug-likeness (QED) is 0.764. The highest BCUT2D eigenvalue weighted by Gasteiger charge is 2.19. The summed E-state index contributed by atoms with van der Waals surface area (Å²) in [7, 11) is 0. The molecule has 0 aromatic heterocycles. The molecule has 0 radical (unpaired) electrons. The number of rotatable bonds is 6. The average molecular weight is 325 g/mol. The first-order valence-electron chi connectivity index (χ1n) is 8.28. The molecule has 0 heterocycles. The summed E-state index contributed by atoms with van der Waals surface area (Å²) >= 11 is 0. The summed E-state index contributed by atoms with van der Waals surface area (Å²) in [6.07, 6.45) is 0.529. The van der Waals surface area contributed by atoms with Gasteiger partial charge in [0.15, 0.2) is 0 Å². The van der Waals surface area contributed by atoms with Gasteiger partial charge in [0.05, 0.1) is 6.04 Å². The summed E-state index contributed by atoms with van der Waals surface area (Å²) in [5.41, 5.74) is 9.08. The SMILES string of the molecule is CC(C)(C)NC(=O)C(N)Cc1ccc(NCc2ccccc2)cc1. The molecule has 0 spiro atoms. The molecule has 128 valence electrons. The first kappa shape index (κ1) is 18.0. The minimum Gasteiger partial charge on any atom is -0.381 e. The molecule has 0 fully saturated rings. The lowest BCUT2D eigenvalue weighted by Crippen LogP contribution is -2.49. The second-order valence-electron chi connectivity index (χ2n) is 7.09. The lowest BCUT2D eigenvalue weighted by Gasteiger charge is -2.23. The predicted molar refractivity (Wildman–Crippen MR) is 99.8 cm³/mol. The van der Waals surface area contributed by atoms with Gasteiger partial charge in [0.1, 0.15) is 0 Å². The largest absolute Gasteiger partial charge is 0.381 e. The number of hydrogen-bond acceptors (Lipinski definition) is 3. The topological polar surface area (TPSA) is 67.2 Å². The van der Waals surface area contributed by atoms with Crippen molar-refractivity contribution in [2.45, 2.75) is 45.3 Å². The van der Waals surface area contributed by atoms with Gasteiger partial charge in [-0.25, -0.2) is 0 Å². The lowest BCUT2D eigenvalue weighted by molar-refractivity contribution is -0.123. The zero-order valence-corrected chi connectivity index (χ0v) is 14.7. The molecule has 1 atom stereocenters. The molecule has 2 aromatic carbocycles. The minimum atomic E-state index is -0.535. The Kier molecular flexibility index (Phi) is 5.99. The molecule has 0 aliphatic heterocycles. The van der Waals surface area contributed by atoms with Gasteiger partial charge in [0, 0.05) is 17.8 Å². The molecular formula is C20H27N3O. The van der Waals surface area contributed by atoms with Crippen LogP contribution in [0.1, 0.15) is 31.9 Å². The molecule has 2 rings (SSSR count). The van der Waals surface area contributed by atoms with Crippen LogP contribution < -0.4 is 16.4 Å². The van der Waals surface area contributed by atoms with Gasteiger partial charge >= 0.3 is 0 Å². The maximum Gasteiger partial charge on any atom is 0.237 e. The second kappa shape index (κ2) is 7.97. The fraction of sp³-hybridized carbons (Fsp3) is 0.350. The van der Waals surface area contributed by atoms with Crippen LogP contribution >= 0.6 is 0 Å². The van der Waals surface area contributed by atoms with Gasteiger partial charge in [0.2, 0.25) is 5.91 Å². The highest BCUT2D eigenvalue weighted by Crippen LogP contribution is 2.13. The van der Waals surface area contributed by atoms with Crippen LogP contribution in [0, 0.1) is 0 Å². The summed E-state index contributed by atoms with van der Waals surface area (Å²) in [4.78, 5) is 12.0. The normalized spacial score (nSPS) is 12.5. The molecule has 1 unspecified atom stereocenters. The highest BCUT2D eigenvalue weighted by molar-refractivity contribution is 5.82. The first-order chi connectivity index (χ1) is 11.3. The number of benzene rings is 2. The van der Waals surface area contributed by atoms with Crippen molar-refractivity contribution in [3.05, 3.63) is 65.7 Å². The molecule has 0 aliphatic rings. The summed E-state index contributed by atoms with van der Waals surface area (Å²) in [6.45, 7) is 6.63. The molecule has 0 saturated heterocycles. The van der Waals surface area contributed by atoms with Crippen molar-refractivity contribution >= 4 is 11.6 Å². The summed E-state index contributed by atoms with van der Waals surface area (Å²) in [5.74, 6) is -0.117. The van der Waals surface area contributed by atoms with Crippen molar-refractivity contribution in [1.29, 1.82) is 0 Å². The third-order valence-corrected chi connectivity index (χ3v) is 3.58. The molecular weight excluding hydrogens is 298 g/mol. The van der Waals surface area contributed by atoms with E-state index in [1.165, 1.54) is 5.56 Å². The molecule has 4 nitrogen and oxygen atoms in total. The van der Waals surface area contributed by atoms with Crippen molar-refractivity contribution in [2.75, 3.05) is 5.32 Å². The van der Waals surface area contributed by atoms with Crippen molar-refractivity contribution < 1.29 is 4.79 Å². The Morgan fingerprint density at radius 3 is 2.21 bits per heavy atom. The van der Waals surface area contributed by atoms with Crippen LogP contribution in [0.25, 0.3) is 0 Å². The number of amides is 1. The van der Waals surface area contributed by atoms with Gasteiger partial charge in [-0.15, -0.1) is 0 Å². The minimum absolute atomic E-state index is 0.117. The number of anilines is 1. The lowest BCUT2D eigenvalue weighted by atomic mass is 10.0. The van der Waals surface area contributed by atoms with Crippen LogP contribution in [-0.2, 0) is 17.8 Å². The number of carbonyl (C=O) groups excluding carboxylic acids is 1. The Balaban J connectivity index is 1.86. The van der Waals surface area contributed by atoms with Crippen molar-refractivity contribution in [2.24, 2.45) is 5.73 Å². The Bertz CT molecular complexity index is 645. The van der Waals surface area contributed by atoms with E-state index in [4.69, 9.17) is 5.73 Å². The summed E-state index contributed by atoms with van der Waals surface area (Å²) < 4.78 is 0. The highest BCUT2D eigenvalue weighted by atomic mass is 16.2. The molecule has 24 heavy (non-hydrogen) atoms. The average Bonchev–Trinajstić information content (AvgIpc) is 2.53. The number of hydrogen-bond donors (Lipinski definition) is 3. The van der Waals surface area contributed by atoms with Crippen LogP contribution in [0.15, 0.2) is 54.6 Å². The molecule has 1 amide bonds. The Morgan fingerprint density at radius 1 is 1.00 bits per heavy atom. The van der Waals surface area contributed by atoms with Crippen LogP contribution in [0.2, 0.25) is 0 Å². The van der Waals surface area contributed by atoms with Crippen molar-refractivity contribution in [3.8, 4) is 0 Å². The van der Waals surface area contributed by atoms with Crippen molar-refractivity contribution in [3.63, 3.8) is 0 Å². The molecule has 0 saturated carbocycles. The van der Waals surface area contributed by atoms with Gasteiger partial charge < -0.3 is 16.4 Å². The number of nitrogens with two attached hydrogens (primary N) is 1. The first-order valence-corrected chi connectivity index (χ1v) is 8.28. The van der Waals surface area contributed by atoms with E-state index < -0.39 is 6.04 Å². The van der Waals surface area contributed by atoms with Crippen LogP contribution in [0.3, 0.4) is 0 Å². The smallest absolute Gasteiger partial charge is 0.237 e. The second-order valence-corrected chi connectivity index (χ2v) is 7.09. The summed E-state index contributed by atoms with van der Waals surface area (Å²) in [5, 5.41) is 6.30. The summed E-state index contributed by atoms with van der Waals surface area (Å²) in [6, 6.07) is 17.8. The van der Waals surface area contributed by atoms with Crippen LogP contribution in [0.5, 0.6) is 0 Å². The maximum absolute atomic E-state index is 12.0. The van der Waals surface area contributed by atoms with E-state index in [9.17, 15) is 4.79 Å². The van der Waals surface area contributed by atoms with E-state index in [-0.39, 0.29) is 11.4 Å². The molecule has 0 bridgehead atoms. The van der Waals surface area contributed by atoms with Gasteiger partial charge in [-0.2, -0.15) is 0 Å². The Morgan fingerprint density at radius 2 is 1.62 bits per heavy atom. The molecule has 0 aliphatic carbocycles. The monoisotopic (exact) mass is 325 g/mol. The molecule has 2 aromatic rings. The van der Waals surface area contributed by atoms with Crippen LogP contribution in [0.4, 0.5) is 5.69 Å². The van der Waals surface area contributed by atoms with E-state index in [1.54, 1.807) is 0 Å².